The lowest BCUT2D eigenvalue weighted by Crippen LogP contribution is -2.18. The second kappa shape index (κ2) is 5.84. The predicted octanol–water partition coefficient (Wildman–Crippen LogP) is 2.77. The first-order chi connectivity index (χ1) is 9.15. The van der Waals surface area contributed by atoms with E-state index < -0.39 is 0 Å². The van der Waals surface area contributed by atoms with Crippen LogP contribution in [0, 0.1) is 0 Å². The largest absolute Gasteiger partial charge is 0.304 e. The van der Waals surface area contributed by atoms with Gasteiger partial charge in [0, 0.05) is 12.7 Å². The number of halogens is 1. The lowest BCUT2D eigenvalue weighted by Gasteiger charge is -2.06. The minimum absolute atomic E-state index is 0.255. The van der Waals surface area contributed by atoms with Crippen LogP contribution in [-0.4, -0.2) is 20.7 Å². The highest BCUT2D eigenvalue weighted by atomic mass is 35.5. The van der Waals surface area contributed by atoms with E-state index in [9.17, 15) is 4.79 Å². The molecule has 0 aliphatic carbocycles. The highest BCUT2D eigenvalue weighted by Gasteiger charge is 2.15. The van der Waals surface area contributed by atoms with Gasteiger partial charge in [0.15, 0.2) is 5.82 Å². The molecule has 1 N–H and O–H groups in total. The zero-order chi connectivity index (χ0) is 13.8. The number of hydrogen-bond acceptors (Lipinski definition) is 3. The molecule has 0 aliphatic heterocycles. The van der Waals surface area contributed by atoms with Crippen LogP contribution in [0.15, 0.2) is 24.4 Å². The number of amides is 1. The molecule has 0 spiro atoms. The van der Waals surface area contributed by atoms with Gasteiger partial charge >= 0.3 is 0 Å². The summed E-state index contributed by atoms with van der Waals surface area (Å²) in [5.41, 5.74) is 1.40. The molecule has 2 aromatic heterocycles. The van der Waals surface area contributed by atoms with Gasteiger partial charge in [0.25, 0.3) is 5.91 Å². The van der Waals surface area contributed by atoms with Gasteiger partial charge < -0.3 is 5.32 Å². The average molecular weight is 279 g/mol. The van der Waals surface area contributed by atoms with E-state index in [0.29, 0.717) is 23.1 Å². The highest BCUT2D eigenvalue weighted by Crippen LogP contribution is 2.18. The van der Waals surface area contributed by atoms with E-state index in [1.54, 1.807) is 29.1 Å². The Bertz CT molecular complexity index is 594. The first-order valence-corrected chi connectivity index (χ1v) is 6.52. The van der Waals surface area contributed by atoms with E-state index in [4.69, 9.17) is 11.6 Å². The van der Waals surface area contributed by atoms with Crippen molar-refractivity contribution in [2.75, 3.05) is 5.32 Å². The Morgan fingerprint density at radius 1 is 1.47 bits per heavy atom. The van der Waals surface area contributed by atoms with Gasteiger partial charge in [0.2, 0.25) is 0 Å². The van der Waals surface area contributed by atoms with Crippen molar-refractivity contribution in [3.05, 3.63) is 40.8 Å². The fourth-order valence-electron chi connectivity index (χ4n) is 1.72. The third-order valence-corrected chi connectivity index (χ3v) is 3.02. The number of rotatable bonds is 4. The van der Waals surface area contributed by atoms with Crippen LogP contribution >= 0.6 is 11.6 Å². The Morgan fingerprint density at radius 2 is 2.26 bits per heavy atom. The normalized spacial score (nSPS) is 10.5. The summed E-state index contributed by atoms with van der Waals surface area (Å²) in [6.07, 6.45) is 2.37. The molecule has 0 radical (unpaired) electrons. The van der Waals surface area contributed by atoms with Crippen molar-refractivity contribution in [1.29, 1.82) is 0 Å². The first kappa shape index (κ1) is 13.5. The summed E-state index contributed by atoms with van der Waals surface area (Å²) >= 11 is 5.96. The van der Waals surface area contributed by atoms with Crippen molar-refractivity contribution in [1.82, 2.24) is 14.8 Å². The van der Waals surface area contributed by atoms with Crippen molar-refractivity contribution >= 4 is 23.3 Å². The number of aryl methyl sites for hydroxylation is 2. The lowest BCUT2D eigenvalue weighted by atomic mass is 10.3. The van der Waals surface area contributed by atoms with Gasteiger partial charge in [0.1, 0.15) is 5.69 Å². The number of pyridine rings is 1. The molecule has 1 amide bonds. The molecular formula is C13H15ClN4O. The van der Waals surface area contributed by atoms with E-state index in [0.717, 1.165) is 12.1 Å². The number of anilines is 1. The smallest absolute Gasteiger partial charge is 0.275 e. The number of carbonyl (C=O) groups is 1. The second-order valence-corrected chi connectivity index (χ2v) is 4.39. The molecule has 5 nitrogen and oxygen atoms in total. The third-order valence-electron chi connectivity index (χ3n) is 2.72. The summed E-state index contributed by atoms with van der Waals surface area (Å²) < 4.78 is 1.67. The second-order valence-electron chi connectivity index (χ2n) is 3.98. The highest BCUT2D eigenvalue weighted by molar-refractivity contribution is 6.33. The maximum absolute atomic E-state index is 12.2. The van der Waals surface area contributed by atoms with Gasteiger partial charge in [-0.15, -0.1) is 0 Å². The molecule has 19 heavy (non-hydrogen) atoms. The molecule has 0 aliphatic rings. The van der Waals surface area contributed by atoms with Crippen LogP contribution in [0.25, 0.3) is 0 Å². The minimum Gasteiger partial charge on any atom is -0.304 e. The molecule has 0 aromatic carbocycles. The summed E-state index contributed by atoms with van der Waals surface area (Å²) in [6.45, 7) is 4.58. The van der Waals surface area contributed by atoms with Crippen molar-refractivity contribution in [2.24, 2.45) is 0 Å². The molecule has 0 saturated heterocycles. The maximum atomic E-state index is 12.2. The Kier molecular flexibility index (Phi) is 4.16. The van der Waals surface area contributed by atoms with Gasteiger partial charge in [-0.05, 0) is 31.5 Å². The van der Waals surface area contributed by atoms with Crippen LogP contribution in [-0.2, 0) is 13.0 Å². The van der Waals surface area contributed by atoms with Crippen LogP contribution < -0.4 is 5.32 Å². The summed E-state index contributed by atoms with van der Waals surface area (Å²) in [7, 11) is 0. The van der Waals surface area contributed by atoms with Crippen molar-refractivity contribution < 1.29 is 4.79 Å². The number of nitrogens with one attached hydrogen (secondary N) is 1. The fourth-order valence-corrected chi connectivity index (χ4v) is 1.88. The molecule has 0 atom stereocenters. The standard InChI is InChI=1S/C13H15ClN4O/c1-3-9-8-11(18(4-2)17-9)13(19)16-12-10(14)6-5-7-15-12/h5-8H,3-4H2,1-2H3,(H,15,16,19). The average Bonchev–Trinajstić information content (AvgIpc) is 2.84. The van der Waals surface area contributed by atoms with Crippen molar-refractivity contribution in [2.45, 2.75) is 26.8 Å². The number of hydrogen-bond donors (Lipinski definition) is 1. The van der Waals surface area contributed by atoms with Gasteiger partial charge in [-0.2, -0.15) is 5.10 Å². The first-order valence-electron chi connectivity index (χ1n) is 6.14. The number of carbonyl (C=O) groups excluding carboxylic acids is 1. The molecule has 100 valence electrons. The molecule has 2 heterocycles. The summed E-state index contributed by atoms with van der Waals surface area (Å²) in [5, 5.41) is 7.44. The quantitative estimate of drug-likeness (QED) is 0.935. The molecule has 2 aromatic rings. The van der Waals surface area contributed by atoms with Crippen LogP contribution in [0.5, 0.6) is 0 Å². The van der Waals surface area contributed by atoms with Crippen LogP contribution in [0.3, 0.4) is 0 Å². The number of nitrogens with zero attached hydrogens (tertiary/aromatic N) is 3. The SMILES string of the molecule is CCc1cc(C(=O)Nc2ncccc2Cl)n(CC)n1. The minimum atomic E-state index is -0.255. The molecule has 0 unspecified atom stereocenters. The Morgan fingerprint density at radius 3 is 2.89 bits per heavy atom. The Balaban J connectivity index is 2.25. The van der Waals surface area contributed by atoms with E-state index in [1.165, 1.54) is 0 Å². The Labute approximate surface area is 116 Å². The monoisotopic (exact) mass is 278 g/mol. The maximum Gasteiger partial charge on any atom is 0.275 e. The summed E-state index contributed by atoms with van der Waals surface area (Å²) in [4.78, 5) is 16.2. The predicted molar refractivity (Wildman–Crippen MR) is 74.5 cm³/mol. The van der Waals surface area contributed by atoms with E-state index >= 15 is 0 Å². The van der Waals surface area contributed by atoms with E-state index in [-0.39, 0.29) is 5.91 Å². The molecule has 6 heteroatoms. The van der Waals surface area contributed by atoms with Crippen LogP contribution in [0.1, 0.15) is 30.0 Å². The van der Waals surface area contributed by atoms with E-state index in [2.05, 4.69) is 15.4 Å². The van der Waals surface area contributed by atoms with Crippen LogP contribution in [0.2, 0.25) is 5.02 Å². The summed E-state index contributed by atoms with van der Waals surface area (Å²) in [5.74, 6) is 0.103. The van der Waals surface area contributed by atoms with Crippen LogP contribution in [0.4, 0.5) is 5.82 Å². The molecule has 0 saturated carbocycles. The molecule has 0 bridgehead atoms. The topological polar surface area (TPSA) is 59.8 Å². The Hall–Kier alpha value is -1.88. The van der Waals surface area contributed by atoms with Crippen molar-refractivity contribution in [3.8, 4) is 0 Å². The van der Waals surface area contributed by atoms with Gasteiger partial charge in [-0.1, -0.05) is 18.5 Å². The fraction of sp³-hybridized carbons (Fsp3) is 0.308. The van der Waals surface area contributed by atoms with E-state index in [1.807, 2.05) is 13.8 Å². The lowest BCUT2D eigenvalue weighted by molar-refractivity contribution is 0.101. The molecule has 0 fully saturated rings. The summed E-state index contributed by atoms with van der Waals surface area (Å²) in [6, 6.07) is 5.18. The third kappa shape index (κ3) is 2.93. The zero-order valence-electron chi connectivity index (χ0n) is 10.9. The van der Waals surface area contributed by atoms with Crippen molar-refractivity contribution in [3.63, 3.8) is 0 Å². The molecule has 2 rings (SSSR count). The van der Waals surface area contributed by atoms with Gasteiger partial charge in [0.05, 0.1) is 10.7 Å². The number of aromatic nitrogens is 3. The zero-order valence-corrected chi connectivity index (χ0v) is 11.6. The van der Waals surface area contributed by atoms with Gasteiger partial charge in [-0.25, -0.2) is 4.98 Å². The van der Waals surface area contributed by atoms with Gasteiger partial charge in [-0.3, -0.25) is 9.48 Å². The molecular weight excluding hydrogens is 264 g/mol.